The maximum Gasteiger partial charge on any atom is 0.322 e. The van der Waals surface area contributed by atoms with Gasteiger partial charge in [0, 0.05) is 42.8 Å². The van der Waals surface area contributed by atoms with E-state index >= 15 is 0 Å². The second kappa shape index (κ2) is 12.7. The summed E-state index contributed by atoms with van der Waals surface area (Å²) in [6.45, 7) is 4.75. The van der Waals surface area contributed by atoms with E-state index in [2.05, 4.69) is 20.5 Å². The molecule has 1 saturated heterocycles. The summed E-state index contributed by atoms with van der Waals surface area (Å²) < 4.78 is 5.14. The molecule has 0 unspecified atom stereocenters. The molecule has 0 spiro atoms. The molecule has 1 aliphatic heterocycles. The Morgan fingerprint density at radius 3 is 2.69 bits per heavy atom. The monoisotopic (exact) mass is 479 g/mol. The maximum atomic E-state index is 12.8. The number of ether oxygens (including phenoxy) is 1. The third kappa shape index (κ3) is 7.74. The van der Waals surface area contributed by atoms with Crippen LogP contribution in [0.15, 0.2) is 29.6 Å². The highest BCUT2D eigenvalue weighted by Crippen LogP contribution is 2.16. The molecular weight excluding hydrogens is 450 g/mol. The van der Waals surface area contributed by atoms with Gasteiger partial charge in [0.1, 0.15) is 10.7 Å². The highest BCUT2D eigenvalue weighted by Gasteiger charge is 2.18. The van der Waals surface area contributed by atoms with E-state index in [0.717, 1.165) is 19.6 Å². The average molecular weight is 480 g/mol. The van der Waals surface area contributed by atoms with Crippen molar-refractivity contribution < 1.29 is 14.3 Å². The van der Waals surface area contributed by atoms with Gasteiger partial charge in [-0.25, -0.2) is 9.78 Å². The van der Waals surface area contributed by atoms with Gasteiger partial charge >= 0.3 is 6.03 Å². The van der Waals surface area contributed by atoms with Gasteiger partial charge < -0.3 is 25.2 Å². The Bertz CT molecular complexity index is 871. The molecule has 1 fully saturated rings. The molecule has 2 heterocycles. The SMILES string of the molecule is COCCN(Cc1nc(C(=O)NCCN2CCCCC2)cs1)C(=O)Nc1ccc(Cl)cc1. The number of thiazole rings is 1. The number of nitrogens with zero attached hydrogens (tertiary/aromatic N) is 3. The molecule has 1 aromatic heterocycles. The summed E-state index contributed by atoms with van der Waals surface area (Å²) in [7, 11) is 1.59. The van der Waals surface area contributed by atoms with Crippen LogP contribution in [0.5, 0.6) is 0 Å². The number of carbonyl (C=O) groups excluding carboxylic acids is 2. The van der Waals surface area contributed by atoms with Crippen molar-refractivity contribution in [1.82, 2.24) is 20.1 Å². The summed E-state index contributed by atoms with van der Waals surface area (Å²) in [6.07, 6.45) is 3.76. The Labute approximate surface area is 197 Å². The van der Waals surface area contributed by atoms with E-state index in [0.29, 0.717) is 41.1 Å². The van der Waals surface area contributed by atoms with E-state index in [1.807, 2.05) is 0 Å². The summed E-state index contributed by atoms with van der Waals surface area (Å²) in [4.78, 5) is 33.6. The molecule has 174 valence electrons. The van der Waals surface area contributed by atoms with Gasteiger partial charge in [0.2, 0.25) is 0 Å². The topological polar surface area (TPSA) is 86.8 Å². The predicted molar refractivity (Wildman–Crippen MR) is 127 cm³/mol. The highest BCUT2D eigenvalue weighted by molar-refractivity contribution is 7.09. The van der Waals surface area contributed by atoms with Crippen molar-refractivity contribution in [3.05, 3.63) is 45.4 Å². The number of halogens is 1. The number of anilines is 1. The fraction of sp³-hybridized carbons (Fsp3) is 0.500. The van der Waals surface area contributed by atoms with E-state index < -0.39 is 0 Å². The lowest BCUT2D eigenvalue weighted by Gasteiger charge is -2.26. The van der Waals surface area contributed by atoms with Gasteiger partial charge in [-0.15, -0.1) is 11.3 Å². The van der Waals surface area contributed by atoms with Crippen molar-refractivity contribution in [1.29, 1.82) is 0 Å². The molecule has 0 atom stereocenters. The number of hydrogen-bond donors (Lipinski definition) is 2. The van der Waals surface area contributed by atoms with E-state index in [4.69, 9.17) is 16.3 Å². The molecule has 10 heteroatoms. The summed E-state index contributed by atoms with van der Waals surface area (Å²) in [5, 5.41) is 8.82. The minimum absolute atomic E-state index is 0.182. The molecule has 0 aliphatic carbocycles. The van der Waals surface area contributed by atoms with E-state index in [-0.39, 0.29) is 18.5 Å². The zero-order valence-corrected chi connectivity index (χ0v) is 19.9. The Hall–Kier alpha value is -2.20. The fourth-order valence-corrected chi connectivity index (χ4v) is 4.36. The zero-order chi connectivity index (χ0) is 22.8. The summed E-state index contributed by atoms with van der Waals surface area (Å²) in [6, 6.07) is 6.64. The number of rotatable bonds is 10. The molecule has 1 aliphatic rings. The van der Waals surface area contributed by atoms with Crippen LogP contribution >= 0.6 is 22.9 Å². The second-order valence-electron chi connectivity index (χ2n) is 7.64. The first-order chi connectivity index (χ1) is 15.5. The van der Waals surface area contributed by atoms with Crippen LogP contribution in [0.25, 0.3) is 0 Å². The molecule has 0 bridgehead atoms. The Balaban J connectivity index is 1.52. The van der Waals surface area contributed by atoms with Crippen molar-refractivity contribution in [3.8, 4) is 0 Å². The second-order valence-corrected chi connectivity index (χ2v) is 9.02. The Kier molecular flexibility index (Phi) is 9.73. The van der Waals surface area contributed by atoms with Gasteiger partial charge in [0.15, 0.2) is 0 Å². The van der Waals surface area contributed by atoms with Gasteiger partial charge in [0.05, 0.1) is 13.2 Å². The number of hydrogen-bond acceptors (Lipinski definition) is 6. The van der Waals surface area contributed by atoms with Crippen LogP contribution < -0.4 is 10.6 Å². The molecule has 0 saturated carbocycles. The first kappa shape index (κ1) is 24.4. The first-order valence-corrected chi connectivity index (χ1v) is 12.1. The van der Waals surface area contributed by atoms with Gasteiger partial charge in [-0.2, -0.15) is 0 Å². The maximum absolute atomic E-state index is 12.8. The number of methoxy groups -OCH3 is 1. The van der Waals surface area contributed by atoms with Crippen LogP contribution in [-0.2, 0) is 11.3 Å². The van der Waals surface area contributed by atoms with Crippen molar-refractivity contribution in [2.75, 3.05) is 51.8 Å². The third-order valence-corrected chi connectivity index (χ3v) is 6.31. The Morgan fingerprint density at radius 1 is 1.22 bits per heavy atom. The highest BCUT2D eigenvalue weighted by atomic mass is 35.5. The fourth-order valence-electron chi connectivity index (χ4n) is 3.44. The largest absolute Gasteiger partial charge is 0.383 e. The van der Waals surface area contributed by atoms with Crippen LogP contribution in [-0.4, -0.2) is 73.2 Å². The van der Waals surface area contributed by atoms with E-state index in [1.165, 1.54) is 30.6 Å². The lowest BCUT2D eigenvalue weighted by atomic mass is 10.1. The van der Waals surface area contributed by atoms with Gasteiger partial charge in [-0.05, 0) is 50.2 Å². The minimum atomic E-state index is -0.271. The number of likely N-dealkylation sites (tertiary alicyclic amines) is 1. The van der Waals surface area contributed by atoms with Crippen LogP contribution in [0.2, 0.25) is 5.02 Å². The smallest absolute Gasteiger partial charge is 0.322 e. The molecule has 1 aromatic carbocycles. The normalized spacial score (nSPS) is 14.2. The minimum Gasteiger partial charge on any atom is -0.383 e. The van der Waals surface area contributed by atoms with Gasteiger partial charge in [-0.1, -0.05) is 18.0 Å². The number of nitrogens with one attached hydrogen (secondary N) is 2. The number of amides is 3. The Morgan fingerprint density at radius 2 is 1.97 bits per heavy atom. The first-order valence-electron chi connectivity index (χ1n) is 10.8. The molecular formula is C22H30ClN5O3S. The van der Waals surface area contributed by atoms with E-state index in [1.54, 1.807) is 41.7 Å². The zero-order valence-electron chi connectivity index (χ0n) is 18.3. The molecule has 3 amide bonds. The van der Waals surface area contributed by atoms with Crippen molar-refractivity contribution >= 4 is 40.6 Å². The van der Waals surface area contributed by atoms with Crippen LogP contribution in [0.1, 0.15) is 34.8 Å². The van der Waals surface area contributed by atoms with E-state index in [9.17, 15) is 9.59 Å². The van der Waals surface area contributed by atoms with Gasteiger partial charge in [0.25, 0.3) is 5.91 Å². The number of urea groups is 1. The van der Waals surface area contributed by atoms with Gasteiger partial charge in [-0.3, -0.25) is 4.79 Å². The molecule has 8 nitrogen and oxygen atoms in total. The standard InChI is InChI=1S/C22H30ClN5O3S/c1-31-14-13-28(22(30)25-18-7-5-17(23)6-8-18)15-20-26-19(16-32-20)21(29)24-9-12-27-10-3-2-4-11-27/h5-8,16H,2-4,9-15H2,1H3,(H,24,29)(H,25,30). The third-order valence-electron chi connectivity index (χ3n) is 5.22. The predicted octanol–water partition coefficient (Wildman–Crippen LogP) is 3.69. The summed E-state index contributed by atoms with van der Waals surface area (Å²) in [5.41, 5.74) is 1.03. The van der Waals surface area contributed by atoms with Crippen LogP contribution in [0.4, 0.5) is 10.5 Å². The number of aromatic nitrogens is 1. The van der Waals surface area contributed by atoms with Crippen LogP contribution in [0, 0.1) is 0 Å². The van der Waals surface area contributed by atoms with Crippen LogP contribution in [0.3, 0.4) is 0 Å². The number of piperidine rings is 1. The van der Waals surface area contributed by atoms with Crippen molar-refractivity contribution in [2.45, 2.75) is 25.8 Å². The molecule has 0 radical (unpaired) electrons. The lowest BCUT2D eigenvalue weighted by Crippen LogP contribution is -2.38. The quantitative estimate of drug-likeness (QED) is 0.542. The average Bonchev–Trinajstić information content (AvgIpc) is 3.27. The summed E-state index contributed by atoms with van der Waals surface area (Å²) in [5.74, 6) is -0.182. The molecule has 32 heavy (non-hydrogen) atoms. The lowest BCUT2D eigenvalue weighted by molar-refractivity contribution is 0.0942. The van der Waals surface area contributed by atoms with Crippen molar-refractivity contribution in [3.63, 3.8) is 0 Å². The molecule has 2 aromatic rings. The summed E-state index contributed by atoms with van der Waals surface area (Å²) >= 11 is 7.27. The molecule has 2 N–H and O–H groups in total. The molecule has 3 rings (SSSR count). The van der Waals surface area contributed by atoms with Crippen molar-refractivity contribution in [2.24, 2.45) is 0 Å². The number of benzene rings is 1. The number of carbonyl (C=O) groups is 2.